The van der Waals surface area contributed by atoms with Gasteiger partial charge in [-0.1, -0.05) is 45.2 Å². The summed E-state index contributed by atoms with van der Waals surface area (Å²) in [5.74, 6) is -0.574. The summed E-state index contributed by atoms with van der Waals surface area (Å²) in [6.45, 7) is 0.549. The van der Waals surface area contributed by atoms with Gasteiger partial charge in [-0.05, 0) is 49.2 Å². The zero-order chi connectivity index (χ0) is 21.0. The van der Waals surface area contributed by atoms with E-state index < -0.39 is 10.0 Å². The largest absolute Gasteiger partial charge is 0.273 e. The lowest BCUT2D eigenvalue weighted by Gasteiger charge is -2.30. The molecule has 0 radical (unpaired) electrons. The first-order valence-corrected chi connectivity index (χ1v) is 11.8. The number of hydrazone groups is 1. The number of nitrogens with one attached hydrogen (secondary N) is 1. The quantitative estimate of drug-likeness (QED) is 0.473. The molecule has 1 amide bonds. The van der Waals surface area contributed by atoms with Crippen molar-refractivity contribution in [2.75, 3.05) is 13.1 Å². The Kier molecular flexibility index (Phi) is 7.34. The number of rotatable bonds is 5. The predicted molar refractivity (Wildman–Crippen MR) is 118 cm³/mol. The zero-order valence-corrected chi connectivity index (χ0v) is 19.1. The first-order valence-electron chi connectivity index (χ1n) is 8.81. The van der Waals surface area contributed by atoms with Crippen molar-refractivity contribution >= 4 is 61.3 Å². The fourth-order valence-corrected chi connectivity index (χ4v) is 5.23. The van der Waals surface area contributed by atoms with Crippen LogP contribution in [0.1, 0.15) is 18.4 Å². The highest BCUT2D eigenvalue weighted by molar-refractivity contribution is 9.10. The Balaban J connectivity index is 1.57. The Labute approximate surface area is 188 Å². The number of halogens is 3. The third-order valence-corrected chi connectivity index (χ3v) is 7.74. The lowest BCUT2D eigenvalue weighted by Crippen LogP contribution is -2.42. The van der Waals surface area contributed by atoms with Crippen LogP contribution in [0.15, 0.2) is 56.9 Å². The lowest BCUT2D eigenvalue weighted by atomic mass is 9.98. The van der Waals surface area contributed by atoms with Crippen LogP contribution in [0.25, 0.3) is 0 Å². The highest BCUT2D eigenvalue weighted by Crippen LogP contribution is 2.25. The van der Waals surface area contributed by atoms with Crippen molar-refractivity contribution < 1.29 is 13.2 Å². The fourth-order valence-electron chi connectivity index (χ4n) is 3.00. The van der Waals surface area contributed by atoms with Crippen molar-refractivity contribution in [2.45, 2.75) is 17.7 Å². The van der Waals surface area contributed by atoms with Crippen LogP contribution in [0, 0.1) is 5.92 Å². The minimum atomic E-state index is -3.57. The average Bonchev–Trinajstić information content (AvgIpc) is 2.70. The Bertz CT molecular complexity index is 1000. The second kappa shape index (κ2) is 9.57. The van der Waals surface area contributed by atoms with Gasteiger partial charge < -0.3 is 0 Å². The molecule has 154 valence electrons. The molecule has 6 nitrogen and oxygen atoms in total. The van der Waals surface area contributed by atoms with Crippen LogP contribution in [0.5, 0.6) is 0 Å². The van der Waals surface area contributed by atoms with Gasteiger partial charge in [0, 0.05) is 29.0 Å². The Morgan fingerprint density at radius 1 is 1.10 bits per heavy atom. The van der Waals surface area contributed by atoms with E-state index >= 15 is 0 Å². The molecule has 1 aliphatic heterocycles. The number of hydrogen-bond acceptors (Lipinski definition) is 4. The van der Waals surface area contributed by atoms with Gasteiger partial charge in [-0.2, -0.15) is 9.41 Å². The van der Waals surface area contributed by atoms with E-state index in [9.17, 15) is 13.2 Å². The number of carbonyl (C=O) groups is 1. The molecule has 0 bridgehead atoms. The van der Waals surface area contributed by atoms with E-state index in [2.05, 4.69) is 26.5 Å². The van der Waals surface area contributed by atoms with E-state index in [1.165, 1.54) is 10.5 Å². The molecule has 3 rings (SSSR count). The lowest BCUT2D eigenvalue weighted by molar-refractivity contribution is -0.126. The summed E-state index contributed by atoms with van der Waals surface area (Å²) >= 11 is 15.4. The van der Waals surface area contributed by atoms with Crippen molar-refractivity contribution in [3.8, 4) is 0 Å². The number of benzene rings is 2. The number of hydrogen-bond donors (Lipinski definition) is 1. The molecule has 10 heteroatoms. The van der Waals surface area contributed by atoms with E-state index in [0.29, 0.717) is 28.5 Å². The maximum atomic E-state index is 12.7. The highest BCUT2D eigenvalue weighted by Gasteiger charge is 2.32. The number of carbonyl (C=O) groups excluding carboxylic acids is 1. The third kappa shape index (κ3) is 5.38. The second-order valence-corrected chi connectivity index (χ2v) is 10.2. The van der Waals surface area contributed by atoms with Crippen LogP contribution in [0.2, 0.25) is 10.0 Å². The first kappa shape index (κ1) is 22.2. The summed E-state index contributed by atoms with van der Waals surface area (Å²) in [6, 6.07) is 11.6. The topological polar surface area (TPSA) is 78.8 Å². The molecule has 0 unspecified atom stereocenters. The minimum absolute atomic E-state index is 0.241. The smallest absolute Gasteiger partial charge is 0.243 e. The van der Waals surface area contributed by atoms with Gasteiger partial charge in [0.15, 0.2) is 0 Å². The maximum Gasteiger partial charge on any atom is 0.243 e. The fraction of sp³-hybridized carbons (Fsp3) is 0.263. The Morgan fingerprint density at radius 3 is 2.28 bits per heavy atom. The number of sulfonamides is 1. The summed E-state index contributed by atoms with van der Waals surface area (Å²) in [5, 5.41) is 4.80. The molecule has 1 N–H and O–H groups in total. The summed E-state index contributed by atoms with van der Waals surface area (Å²) in [4.78, 5) is 12.6. The van der Waals surface area contributed by atoms with Gasteiger partial charge in [-0.3, -0.25) is 4.79 Å². The van der Waals surface area contributed by atoms with Crippen molar-refractivity contribution in [3.63, 3.8) is 0 Å². The van der Waals surface area contributed by atoms with Crippen LogP contribution in [-0.2, 0) is 14.8 Å². The van der Waals surface area contributed by atoms with Gasteiger partial charge in [0.1, 0.15) is 0 Å². The maximum absolute atomic E-state index is 12.7. The van der Waals surface area contributed by atoms with E-state index in [1.54, 1.807) is 42.5 Å². The summed E-state index contributed by atoms with van der Waals surface area (Å²) in [5.41, 5.74) is 3.01. The van der Waals surface area contributed by atoms with Crippen molar-refractivity contribution in [2.24, 2.45) is 11.0 Å². The van der Waals surface area contributed by atoms with Crippen LogP contribution in [0.3, 0.4) is 0 Å². The van der Waals surface area contributed by atoms with E-state index in [1.807, 2.05) is 0 Å². The standard InChI is InChI=1S/C19H18BrCl2N3O3S/c20-14-4-6-15(7-5-14)29(27,28)25-10-8-13(9-11-25)19(26)24-23-12-16-17(21)2-1-3-18(16)22/h1-7,12-13H,8-11H2,(H,24,26)/b23-12-. The molecule has 2 aromatic carbocycles. The zero-order valence-electron chi connectivity index (χ0n) is 15.2. The van der Waals surface area contributed by atoms with Crippen molar-refractivity contribution in [3.05, 3.63) is 62.5 Å². The Morgan fingerprint density at radius 2 is 1.69 bits per heavy atom. The summed E-state index contributed by atoms with van der Waals surface area (Å²) in [6.07, 6.45) is 2.24. The molecule has 1 fully saturated rings. The molecule has 2 aromatic rings. The van der Waals surface area contributed by atoms with Crippen LogP contribution in [0.4, 0.5) is 0 Å². The summed E-state index contributed by atoms with van der Waals surface area (Å²) in [7, 11) is -3.57. The van der Waals surface area contributed by atoms with Gasteiger partial charge in [-0.15, -0.1) is 0 Å². The van der Waals surface area contributed by atoms with Crippen LogP contribution >= 0.6 is 39.1 Å². The van der Waals surface area contributed by atoms with Crippen molar-refractivity contribution in [1.82, 2.24) is 9.73 Å². The summed E-state index contributed by atoms with van der Waals surface area (Å²) < 4.78 is 27.7. The van der Waals surface area contributed by atoms with E-state index in [-0.39, 0.29) is 29.8 Å². The normalized spacial score (nSPS) is 16.2. The average molecular weight is 519 g/mol. The van der Waals surface area contributed by atoms with Gasteiger partial charge in [0.05, 0.1) is 21.2 Å². The number of amides is 1. The van der Waals surface area contributed by atoms with E-state index in [0.717, 1.165) is 4.47 Å². The molecule has 0 spiro atoms. The minimum Gasteiger partial charge on any atom is -0.273 e. The molecule has 0 aliphatic carbocycles. The second-order valence-electron chi connectivity index (χ2n) is 6.50. The van der Waals surface area contributed by atoms with E-state index in [4.69, 9.17) is 23.2 Å². The highest BCUT2D eigenvalue weighted by atomic mass is 79.9. The molecule has 0 saturated carbocycles. The molecule has 1 aliphatic rings. The molecular formula is C19H18BrCl2N3O3S. The van der Waals surface area contributed by atoms with Crippen molar-refractivity contribution in [1.29, 1.82) is 0 Å². The van der Waals surface area contributed by atoms with Gasteiger partial charge in [0.25, 0.3) is 0 Å². The SMILES string of the molecule is O=C(N/N=C\c1c(Cl)cccc1Cl)C1CCN(S(=O)(=O)c2ccc(Br)cc2)CC1. The number of nitrogens with zero attached hydrogens (tertiary/aromatic N) is 2. The molecule has 0 aromatic heterocycles. The van der Waals surface area contributed by atoms with Gasteiger partial charge >= 0.3 is 0 Å². The van der Waals surface area contributed by atoms with Crippen LogP contribution < -0.4 is 5.43 Å². The molecule has 0 atom stereocenters. The predicted octanol–water partition coefficient (Wildman–Crippen LogP) is 4.31. The first-order chi connectivity index (χ1) is 13.8. The van der Waals surface area contributed by atoms with Crippen LogP contribution in [-0.4, -0.2) is 37.9 Å². The third-order valence-electron chi connectivity index (χ3n) is 4.64. The molecule has 1 saturated heterocycles. The van der Waals surface area contributed by atoms with Gasteiger partial charge in [0.2, 0.25) is 15.9 Å². The molecule has 29 heavy (non-hydrogen) atoms. The molecular weight excluding hydrogens is 501 g/mol. The Hall–Kier alpha value is -1.45. The molecule has 1 heterocycles. The van der Waals surface area contributed by atoms with Gasteiger partial charge in [-0.25, -0.2) is 13.8 Å². The number of piperidine rings is 1. The monoisotopic (exact) mass is 517 g/mol.